The van der Waals surface area contributed by atoms with E-state index in [1.54, 1.807) is 12.1 Å². The third-order valence-corrected chi connectivity index (χ3v) is 5.48. The second kappa shape index (κ2) is 7.28. The molecule has 122 valence electrons. The topological polar surface area (TPSA) is 55.1 Å². The highest BCUT2D eigenvalue weighted by Gasteiger charge is 2.48. The first-order chi connectivity index (χ1) is 10.1. The molecule has 6 heteroatoms. The normalized spacial score (nSPS) is 29.2. The van der Waals surface area contributed by atoms with Gasteiger partial charge in [0.05, 0.1) is 5.92 Å². The number of halogens is 3. The fraction of sp³-hybridized carbons (Fsp3) is 0.562. The summed E-state index contributed by atoms with van der Waals surface area (Å²) in [5.74, 6) is 0.742. The molecule has 3 rings (SSSR count). The SMILES string of the molecule is Cl.NC1C2CCC(C2)C1C(=O)NCCc1cc(Br)ccc1F. The van der Waals surface area contributed by atoms with Crippen molar-refractivity contribution in [1.29, 1.82) is 0 Å². The molecule has 0 saturated heterocycles. The second-order valence-electron chi connectivity index (χ2n) is 6.21. The summed E-state index contributed by atoms with van der Waals surface area (Å²) in [5, 5.41) is 2.93. The van der Waals surface area contributed by atoms with E-state index >= 15 is 0 Å². The number of rotatable bonds is 4. The van der Waals surface area contributed by atoms with Gasteiger partial charge in [-0.2, -0.15) is 0 Å². The maximum Gasteiger partial charge on any atom is 0.224 e. The number of hydrogen-bond acceptors (Lipinski definition) is 2. The highest BCUT2D eigenvalue weighted by molar-refractivity contribution is 9.10. The van der Waals surface area contributed by atoms with Gasteiger partial charge in [-0.25, -0.2) is 4.39 Å². The molecule has 3 nitrogen and oxygen atoms in total. The smallest absolute Gasteiger partial charge is 0.224 e. The first-order valence-electron chi connectivity index (χ1n) is 7.53. The van der Waals surface area contributed by atoms with Crippen LogP contribution in [0.3, 0.4) is 0 Å². The van der Waals surface area contributed by atoms with E-state index in [9.17, 15) is 9.18 Å². The molecule has 22 heavy (non-hydrogen) atoms. The lowest BCUT2D eigenvalue weighted by atomic mass is 9.84. The maximum atomic E-state index is 13.6. The van der Waals surface area contributed by atoms with Crippen molar-refractivity contribution in [1.82, 2.24) is 5.32 Å². The van der Waals surface area contributed by atoms with Crippen molar-refractivity contribution < 1.29 is 9.18 Å². The summed E-state index contributed by atoms with van der Waals surface area (Å²) >= 11 is 3.33. The lowest BCUT2D eigenvalue weighted by molar-refractivity contribution is -0.127. The Morgan fingerprint density at radius 3 is 2.77 bits per heavy atom. The molecule has 3 N–H and O–H groups in total. The molecule has 2 aliphatic rings. The van der Waals surface area contributed by atoms with Crippen LogP contribution in [0.25, 0.3) is 0 Å². The third kappa shape index (κ3) is 3.47. The van der Waals surface area contributed by atoms with Crippen LogP contribution in [0.2, 0.25) is 0 Å². The zero-order valence-electron chi connectivity index (χ0n) is 12.2. The van der Waals surface area contributed by atoms with Gasteiger partial charge in [0.2, 0.25) is 5.91 Å². The van der Waals surface area contributed by atoms with Crippen molar-refractivity contribution in [2.24, 2.45) is 23.5 Å². The number of fused-ring (bicyclic) bond motifs is 2. The molecule has 1 aromatic rings. The van der Waals surface area contributed by atoms with Crippen LogP contribution in [0.15, 0.2) is 22.7 Å². The average Bonchev–Trinajstić information content (AvgIpc) is 3.03. The van der Waals surface area contributed by atoms with Gasteiger partial charge in [0.15, 0.2) is 0 Å². The van der Waals surface area contributed by atoms with Crippen LogP contribution in [-0.4, -0.2) is 18.5 Å². The van der Waals surface area contributed by atoms with Crippen LogP contribution >= 0.6 is 28.3 Å². The van der Waals surface area contributed by atoms with E-state index < -0.39 is 0 Å². The number of benzene rings is 1. The minimum Gasteiger partial charge on any atom is -0.355 e. The zero-order chi connectivity index (χ0) is 15.0. The predicted molar refractivity (Wildman–Crippen MR) is 90.4 cm³/mol. The molecule has 2 aliphatic carbocycles. The second-order valence-corrected chi connectivity index (χ2v) is 7.13. The van der Waals surface area contributed by atoms with Crippen molar-refractivity contribution >= 4 is 34.2 Å². The summed E-state index contributed by atoms with van der Waals surface area (Å²) in [7, 11) is 0. The molecule has 4 atom stereocenters. The standard InChI is InChI=1S/C16H20BrFN2O.ClH/c17-12-3-4-13(18)9(8-12)5-6-20-16(21)14-10-1-2-11(7-10)15(14)19;/h3-4,8,10-11,14-15H,1-2,5-7,19H2,(H,20,21);1H. The Kier molecular flexibility index (Phi) is 5.86. The summed E-state index contributed by atoms with van der Waals surface area (Å²) < 4.78 is 14.5. The van der Waals surface area contributed by atoms with Crippen LogP contribution in [-0.2, 0) is 11.2 Å². The van der Waals surface area contributed by atoms with Gasteiger partial charge in [0.25, 0.3) is 0 Å². The molecule has 2 fully saturated rings. The van der Waals surface area contributed by atoms with Crippen LogP contribution in [0.1, 0.15) is 24.8 Å². The molecule has 0 radical (unpaired) electrons. The first kappa shape index (κ1) is 17.7. The number of nitrogens with two attached hydrogens (primary N) is 1. The third-order valence-electron chi connectivity index (χ3n) is 4.98. The molecular weight excluding hydrogens is 371 g/mol. The Hall–Kier alpha value is -0.650. The van der Waals surface area contributed by atoms with Crippen LogP contribution in [0.5, 0.6) is 0 Å². The summed E-state index contributed by atoms with van der Waals surface area (Å²) in [6, 6.07) is 4.87. The van der Waals surface area contributed by atoms with Gasteiger partial charge in [-0.1, -0.05) is 15.9 Å². The number of hydrogen-bond donors (Lipinski definition) is 2. The fourth-order valence-electron chi connectivity index (χ4n) is 3.90. The number of nitrogens with one attached hydrogen (secondary N) is 1. The van der Waals surface area contributed by atoms with Gasteiger partial charge in [0, 0.05) is 17.1 Å². The van der Waals surface area contributed by atoms with E-state index in [-0.39, 0.29) is 36.1 Å². The fourth-order valence-corrected chi connectivity index (χ4v) is 4.31. The van der Waals surface area contributed by atoms with Gasteiger partial charge in [0.1, 0.15) is 5.82 Å². The average molecular weight is 392 g/mol. The van der Waals surface area contributed by atoms with Crippen LogP contribution in [0, 0.1) is 23.6 Å². The molecule has 1 amide bonds. The number of carbonyl (C=O) groups is 1. The molecule has 4 unspecified atom stereocenters. The minimum atomic E-state index is -0.232. The molecule has 0 aliphatic heterocycles. The molecular formula is C16H21BrClFN2O. The van der Waals surface area contributed by atoms with Gasteiger partial charge in [-0.05, 0) is 61.3 Å². The monoisotopic (exact) mass is 390 g/mol. The Labute approximate surface area is 144 Å². The van der Waals surface area contributed by atoms with E-state index in [0.717, 1.165) is 17.3 Å². The lowest BCUT2D eigenvalue weighted by Gasteiger charge is -2.27. The Bertz CT molecular complexity index is 555. The molecule has 2 saturated carbocycles. The Morgan fingerprint density at radius 1 is 1.36 bits per heavy atom. The molecule has 0 aromatic heterocycles. The van der Waals surface area contributed by atoms with Crippen LogP contribution in [0.4, 0.5) is 4.39 Å². The highest BCUT2D eigenvalue weighted by atomic mass is 79.9. The molecule has 2 bridgehead atoms. The van der Waals surface area contributed by atoms with Crippen molar-refractivity contribution in [2.45, 2.75) is 31.7 Å². The molecule has 1 aromatic carbocycles. The Morgan fingerprint density at radius 2 is 2.09 bits per heavy atom. The van der Waals surface area contributed by atoms with E-state index in [0.29, 0.717) is 30.4 Å². The summed E-state index contributed by atoms with van der Waals surface area (Å²) in [4.78, 5) is 12.3. The molecule has 0 spiro atoms. The van der Waals surface area contributed by atoms with E-state index in [2.05, 4.69) is 21.2 Å². The largest absolute Gasteiger partial charge is 0.355 e. The molecule has 0 heterocycles. The van der Waals surface area contributed by atoms with Gasteiger partial charge in [-0.15, -0.1) is 12.4 Å². The first-order valence-corrected chi connectivity index (χ1v) is 8.33. The lowest BCUT2D eigenvalue weighted by Crippen LogP contribution is -2.45. The summed E-state index contributed by atoms with van der Waals surface area (Å²) in [6.07, 6.45) is 3.88. The Balaban J connectivity index is 0.00000176. The van der Waals surface area contributed by atoms with E-state index in [1.165, 1.54) is 12.5 Å². The van der Waals surface area contributed by atoms with Crippen molar-refractivity contribution in [3.63, 3.8) is 0 Å². The number of carbonyl (C=O) groups excluding carboxylic acids is 1. The maximum absolute atomic E-state index is 13.6. The van der Waals surface area contributed by atoms with Gasteiger partial charge >= 0.3 is 0 Å². The number of amides is 1. The highest BCUT2D eigenvalue weighted by Crippen LogP contribution is 2.47. The summed E-state index contributed by atoms with van der Waals surface area (Å²) in [5.41, 5.74) is 6.78. The van der Waals surface area contributed by atoms with Gasteiger partial charge in [-0.3, -0.25) is 4.79 Å². The van der Waals surface area contributed by atoms with Crippen molar-refractivity contribution in [3.05, 3.63) is 34.1 Å². The zero-order valence-corrected chi connectivity index (χ0v) is 14.6. The quantitative estimate of drug-likeness (QED) is 0.829. The van der Waals surface area contributed by atoms with E-state index in [4.69, 9.17) is 5.73 Å². The van der Waals surface area contributed by atoms with Crippen LogP contribution < -0.4 is 11.1 Å². The minimum absolute atomic E-state index is 0. The predicted octanol–water partition coefficient (Wildman–Crippen LogP) is 3.04. The van der Waals surface area contributed by atoms with Gasteiger partial charge < -0.3 is 11.1 Å². The van der Waals surface area contributed by atoms with E-state index in [1.807, 2.05) is 0 Å². The summed E-state index contributed by atoms with van der Waals surface area (Å²) in [6.45, 7) is 0.451. The van der Waals surface area contributed by atoms with Crippen molar-refractivity contribution in [2.75, 3.05) is 6.54 Å². The van der Waals surface area contributed by atoms with Crippen molar-refractivity contribution in [3.8, 4) is 0 Å².